The highest BCUT2D eigenvalue weighted by atomic mass is 35.5. The average molecular weight is 455 g/mol. The molecular formula is C25H27ClN2O2S. The van der Waals surface area contributed by atoms with Crippen LogP contribution in [0.15, 0.2) is 41.3 Å². The molecule has 0 aliphatic carbocycles. The summed E-state index contributed by atoms with van der Waals surface area (Å²) in [5.41, 5.74) is 5.25. The molecule has 1 saturated heterocycles. The van der Waals surface area contributed by atoms with Crippen molar-refractivity contribution >= 4 is 46.3 Å². The fraction of sp³-hybridized carbons (Fsp3) is 0.360. The van der Waals surface area contributed by atoms with Gasteiger partial charge in [-0.25, -0.2) is 0 Å². The second kappa shape index (κ2) is 8.03. The Morgan fingerprint density at radius 3 is 2.55 bits per heavy atom. The van der Waals surface area contributed by atoms with E-state index in [0.29, 0.717) is 15.8 Å². The van der Waals surface area contributed by atoms with E-state index in [1.54, 1.807) is 6.08 Å². The van der Waals surface area contributed by atoms with Crippen LogP contribution in [0.25, 0.3) is 6.08 Å². The van der Waals surface area contributed by atoms with E-state index in [2.05, 4.69) is 38.8 Å². The van der Waals surface area contributed by atoms with Gasteiger partial charge in [0.2, 0.25) is 0 Å². The molecule has 2 heterocycles. The minimum Gasteiger partial charge on any atom is -0.369 e. The number of anilines is 1. The van der Waals surface area contributed by atoms with Gasteiger partial charge in [0.15, 0.2) is 0 Å². The number of hydrogen-bond donors (Lipinski definition) is 0. The van der Waals surface area contributed by atoms with Gasteiger partial charge in [0.25, 0.3) is 11.1 Å². The molecule has 0 aromatic heterocycles. The Labute approximate surface area is 193 Å². The maximum atomic E-state index is 13.0. The van der Waals surface area contributed by atoms with Crippen molar-refractivity contribution in [1.29, 1.82) is 0 Å². The van der Waals surface area contributed by atoms with Gasteiger partial charge < -0.3 is 4.90 Å². The van der Waals surface area contributed by atoms with Crippen LogP contribution in [0.2, 0.25) is 5.02 Å². The number of carbonyl (C=O) groups is 2. The first kappa shape index (κ1) is 22.0. The molecule has 4 nitrogen and oxygen atoms in total. The minimum absolute atomic E-state index is 0.0515. The van der Waals surface area contributed by atoms with Gasteiger partial charge in [-0.1, -0.05) is 48.4 Å². The highest BCUT2D eigenvalue weighted by Gasteiger charge is 2.37. The SMILES string of the molecule is Cc1ccc(CN2C(=O)S/C(=C\c3cc4c(cc3Cl)N(C)C(C)(C)CC4C)C2=O)cc1. The van der Waals surface area contributed by atoms with E-state index < -0.39 is 0 Å². The van der Waals surface area contributed by atoms with Crippen LogP contribution in [0.1, 0.15) is 55.4 Å². The first-order valence-corrected chi connectivity index (χ1v) is 11.6. The number of thioether (sulfide) groups is 1. The predicted molar refractivity (Wildman–Crippen MR) is 130 cm³/mol. The highest BCUT2D eigenvalue weighted by Crippen LogP contribution is 2.45. The fourth-order valence-corrected chi connectivity index (χ4v) is 5.41. The van der Waals surface area contributed by atoms with Crippen LogP contribution >= 0.6 is 23.4 Å². The highest BCUT2D eigenvalue weighted by molar-refractivity contribution is 8.18. The number of amides is 2. The smallest absolute Gasteiger partial charge is 0.293 e. The number of nitrogens with zero attached hydrogens (tertiary/aromatic N) is 2. The second-order valence-corrected chi connectivity index (χ2v) is 10.6. The second-order valence-electron chi connectivity index (χ2n) is 9.16. The van der Waals surface area contributed by atoms with E-state index in [4.69, 9.17) is 11.6 Å². The van der Waals surface area contributed by atoms with Gasteiger partial charge in [0.1, 0.15) is 0 Å². The monoisotopic (exact) mass is 454 g/mol. The maximum Gasteiger partial charge on any atom is 0.293 e. The summed E-state index contributed by atoms with van der Waals surface area (Å²) in [5.74, 6) is 0.109. The predicted octanol–water partition coefficient (Wildman–Crippen LogP) is 6.61. The molecule has 31 heavy (non-hydrogen) atoms. The van der Waals surface area contributed by atoms with E-state index >= 15 is 0 Å². The molecule has 1 fully saturated rings. The van der Waals surface area contributed by atoms with Crippen molar-refractivity contribution in [3.8, 4) is 0 Å². The average Bonchev–Trinajstić information content (AvgIpc) is 2.96. The van der Waals surface area contributed by atoms with Crippen LogP contribution in [0, 0.1) is 6.92 Å². The Hall–Kier alpha value is -2.24. The third-order valence-corrected chi connectivity index (χ3v) is 7.61. The normalized spacial score (nSPS) is 21.7. The number of benzene rings is 2. The van der Waals surface area contributed by atoms with Crippen molar-refractivity contribution < 1.29 is 9.59 Å². The van der Waals surface area contributed by atoms with E-state index in [9.17, 15) is 9.59 Å². The topological polar surface area (TPSA) is 40.6 Å². The van der Waals surface area contributed by atoms with Crippen molar-refractivity contribution in [2.45, 2.75) is 52.1 Å². The summed E-state index contributed by atoms with van der Waals surface area (Å²) in [6, 6.07) is 11.9. The Morgan fingerprint density at radius 1 is 1.19 bits per heavy atom. The third kappa shape index (κ3) is 4.13. The number of imide groups is 1. The fourth-order valence-electron chi connectivity index (χ4n) is 4.37. The molecule has 162 valence electrons. The summed E-state index contributed by atoms with van der Waals surface area (Å²) in [4.78, 5) is 29.5. The number of carbonyl (C=O) groups excluding carboxylic acids is 2. The summed E-state index contributed by atoms with van der Waals surface area (Å²) in [7, 11) is 2.09. The molecule has 4 rings (SSSR count). The Kier molecular flexibility index (Phi) is 5.69. The molecule has 2 amide bonds. The van der Waals surface area contributed by atoms with Crippen LogP contribution < -0.4 is 4.90 Å². The Balaban J connectivity index is 1.63. The summed E-state index contributed by atoms with van der Waals surface area (Å²) in [6.45, 7) is 8.98. The summed E-state index contributed by atoms with van der Waals surface area (Å²) >= 11 is 7.60. The molecule has 0 N–H and O–H groups in total. The Morgan fingerprint density at radius 2 is 1.87 bits per heavy atom. The lowest BCUT2D eigenvalue weighted by atomic mass is 9.80. The lowest BCUT2D eigenvalue weighted by Crippen LogP contribution is -2.45. The lowest BCUT2D eigenvalue weighted by molar-refractivity contribution is -0.123. The van der Waals surface area contributed by atoms with E-state index in [-0.39, 0.29) is 23.2 Å². The molecular weight excluding hydrogens is 428 g/mol. The molecule has 2 aromatic rings. The molecule has 2 aliphatic rings. The van der Waals surface area contributed by atoms with E-state index in [1.807, 2.05) is 37.3 Å². The van der Waals surface area contributed by atoms with Gasteiger partial charge in [0, 0.05) is 23.3 Å². The van der Waals surface area contributed by atoms with Crippen molar-refractivity contribution in [1.82, 2.24) is 4.90 Å². The molecule has 0 bridgehead atoms. The zero-order chi connectivity index (χ0) is 22.5. The van der Waals surface area contributed by atoms with Crippen molar-refractivity contribution in [2.24, 2.45) is 0 Å². The van der Waals surface area contributed by atoms with Crippen LogP contribution in [0.5, 0.6) is 0 Å². The minimum atomic E-state index is -0.268. The van der Waals surface area contributed by atoms with Crippen LogP contribution in [0.4, 0.5) is 10.5 Å². The molecule has 2 aromatic carbocycles. The van der Waals surface area contributed by atoms with Crippen LogP contribution in [0.3, 0.4) is 0 Å². The molecule has 2 aliphatic heterocycles. The molecule has 1 atom stereocenters. The van der Waals surface area contributed by atoms with Gasteiger partial charge in [-0.2, -0.15) is 0 Å². The van der Waals surface area contributed by atoms with Gasteiger partial charge >= 0.3 is 0 Å². The van der Waals surface area contributed by atoms with Crippen molar-refractivity contribution in [2.75, 3.05) is 11.9 Å². The molecule has 0 spiro atoms. The number of halogens is 1. The lowest BCUT2D eigenvalue weighted by Gasteiger charge is -2.45. The van der Waals surface area contributed by atoms with Gasteiger partial charge in [0.05, 0.1) is 11.4 Å². The first-order valence-electron chi connectivity index (χ1n) is 10.4. The third-order valence-electron chi connectivity index (χ3n) is 6.37. The molecule has 1 unspecified atom stereocenters. The number of fused-ring (bicyclic) bond motifs is 1. The van der Waals surface area contributed by atoms with Gasteiger partial charge in [-0.15, -0.1) is 0 Å². The molecule has 0 radical (unpaired) electrons. The quantitative estimate of drug-likeness (QED) is 0.489. The summed E-state index contributed by atoms with van der Waals surface area (Å²) in [6.07, 6.45) is 2.79. The number of aryl methyl sites for hydroxylation is 1. The zero-order valence-corrected chi connectivity index (χ0v) is 20.1. The van der Waals surface area contributed by atoms with Crippen molar-refractivity contribution in [3.63, 3.8) is 0 Å². The standard InChI is InChI=1S/C25H27ClN2O2S/c1-15-6-8-17(9-7-15)14-28-23(29)22(31-24(28)30)11-18-10-19-16(2)13-25(3,4)27(5)21(19)12-20(18)26/h6-12,16H,13-14H2,1-5H3/b22-11-. The molecule has 0 saturated carbocycles. The first-order chi connectivity index (χ1) is 14.6. The largest absolute Gasteiger partial charge is 0.369 e. The summed E-state index contributed by atoms with van der Waals surface area (Å²) < 4.78 is 0. The van der Waals surface area contributed by atoms with Crippen molar-refractivity contribution in [3.05, 3.63) is 68.6 Å². The van der Waals surface area contributed by atoms with Crippen LogP contribution in [-0.4, -0.2) is 28.6 Å². The van der Waals surface area contributed by atoms with E-state index in [0.717, 1.165) is 40.6 Å². The van der Waals surface area contributed by atoms with E-state index in [1.165, 1.54) is 10.5 Å². The zero-order valence-electron chi connectivity index (χ0n) is 18.5. The number of hydrogen-bond acceptors (Lipinski definition) is 4. The Bertz CT molecular complexity index is 1090. The maximum absolute atomic E-state index is 13.0. The van der Waals surface area contributed by atoms with Crippen LogP contribution in [-0.2, 0) is 11.3 Å². The van der Waals surface area contributed by atoms with Gasteiger partial charge in [-0.3, -0.25) is 14.5 Å². The van der Waals surface area contributed by atoms with Gasteiger partial charge in [-0.05, 0) is 79.8 Å². The summed E-state index contributed by atoms with van der Waals surface area (Å²) in [5, 5.41) is 0.335. The number of rotatable bonds is 3. The molecule has 6 heteroatoms.